The van der Waals surface area contributed by atoms with Crippen molar-refractivity contribution in [2.75, 3.05) is 0 Å². The Balaban J connectivity index is 0.000000178. The number of ether oxygens (including phenoxy) is 2. The first-order chi connectivity index (χ1) is 34.3. The Hall–Kier alpha value is -6.24. The fourth-order valence-corrected chi connectivity index (χ4v) is 14.3. The first-order valence-corrected chi connectivity index (χ1v) is 25.5. The van der Waals surface area contributed by atoms with Crippen LogP contribution in [0.25, 0.3) is 0 Å². The number of hydrogen-bond acceptors (Lipinski definition) is 12. The standard InChI is InChI=1S/2C30H34O6/c2*1-17-9-10-22-23(14-29(22,2)3)30(12-11-24(17)33)13-19(18-7-5-4-6-8-18)25-27(35)20(15-31)26(34)21(16-32)28(25)36-30/h2*4-8,15-16,19,22-24,33-35H,1,9-14H2,2-3H3/t2*19-,22-,23+,24-,30-/m11/s1. The maximum atomic E-state index is 12.2. The molecule has 0 saturated heterocycles. The lowest BCUT2D eigenvalue weighted by atomic mass is 9.48. The van der Waals surface area contributed by atoms with Gasteiger partial charge in [0, 0.05) is 34.8 Å². The van der Waals surface area contributed by atoms with Crippen molar-refractivity contribution in [2.45, 2.75) is 140 Å². The van der Waals surface area contributed by atoms with Gasteiger partial charge in [0.2, 0.25) is 0 Å². The molecule has 4 fully saturated rings. The first-order valence-electron chi connectivity index (χ1n) is 25.5. The summed E-state index contributed by atoms with van der Waals surface area (Å²) >= 11 is 0. The molecule has 6 aliphatic rings. The van der Waals surface area contributed by atoms with Crippen LogP contribution in [0.15, 0.2) is 85.0 Å². The van der Waals surface area contributed by atoms with Gasteiger partial charge in [0.25, 0.3) is 0 Å². The molecule has 10 rings (SSSR count). The molecule has 2 spiro atoms. The van der Waals surface area contributed by atoms with Gasteiger partial charge < -0.3 is 40.1 Å². The molecule has 6 N–H and O–H groups in total. The molecular weight excluding hydrogens is 913 g/mol. The van der Waals surface area contributed by atoms with Crippen LogP contribution in [0, 0.1) is 34.5 Å². The summed E-state index contributed by atoms with van der Waals surface area (Å²) in [5.74, 6) is -1.30. The average Bonchev–Trinajstić information content (AvgIpc) is 3.42. The number of aliphatic hydroxyl groups is 2. The highest BCUT2D eigenvalue weighted by molar-refractivity contribution is 5.96. The largest absolute Gasteiger partial charge is 0.507 e. The summed E-state index contributed by atoms with van der Waals surface area (Å²) in [5, 5.41) is 65.5. The fraction of sp³-hybridized carbons (Fsp3) is 0.467. The van der Waals surface area contributed by atoms with E-state index in [4.69, 9.17) is 9.47 Å². The molecule has 0 unspecified atom stereocenters. The second-order valence-corrected chi connectivity index (χ2v) is 23.0. The normalized spacial score (nSPS) is 31.0. The monoisotopic (exact) mass is 980 g/mol. The summed E-state index contributed by atoms with van der Waals surface area (Å²) in [6.45, 7) is 17.3. The molecule has 0 bridgehead atoms. The molecule has 4 saturated carbocycles. The minimum absolute atomic E-state index is 0.0955. The van der Waals surface area contributed by atoms with Gasteiger partial charge in [-0.05, 0) is 122 Å². The Bertz CT molecular complexity index is 2620. The maximum Gasteiger partial charge on any atom is 0.157 e. The molecule has 2 aliphatic heterocycles. The summed E-state index contributed by atoms with van der Waals surface area (Å²) in [6, 6.07) is 19.4. The lowest BCUT2D eigenvalue weighted by molar-refractivity contribution is -0.148. The zero-order chi connectivity index (χ0) is 51.7. The van der Waals surface area contributed by atoms with Gasteiger partial charge in [-0.1, -0.05) is 102 Å². The molecule has 0 amide bonds. The molecule has 2 heterocycles. The molecule has 72 heavy (non-hydrogen) atoms. The summed E-state index contributed by atoms with van der Waals surface area (Å²) < 4.78 is 13.6. The van der Waals surface area contributed by atoms with Crippen LogP contribution in [0.4, 0.5) is 0 Å². The number of aliphatic hydroxyl groups excluding tert-OH is 2. The number of benzene rings is 4. The minimum Gasteiger partial charge on any atom is -0.507 e. The van der Waals surface area contributed by atoms with Gasteiger partial charge in [-0.15, -0.1) is 0 Å². The van der Waals surface area contributed by atoms with E-state index >= 15 is 0 Å². The van der Waals surface area contributed by atoms with Gasteiger partial charge in [-0.3, -0.25) is 19.2 Å². The first kappa shape index (κ1) is 50.7. The molecule has 4 aromatic carbocycles. The van der Waals surface area contributed by atoms with Crippen molar-refractivity contribution in [3.63, 3.8) is 0 Å². The Morgan fingerprint density at radius 1 is 0.486 bits per heavy atom. The van der Waals surface area contributed by atoms with Crippen molar-refractivity contribution in [2.24, 2.45) is 34.5 Å². The van der Waals surface area contributed by atoms with Crippen molar-refractivity contribution in [1.29, 1.82) is 0 Å². The third kappa shape index (κ3) is 8.32. The Kier molecular flexibility index (Phi) is 13.4. The second-order valence-electron chi connectivity index (χ2n) is 23.0. The van der Waals surface area contributed by atoms with Crippen LogP contribution < -0.4 is 9.47 Å². The van der Waals surface area contributed by atoms with E-state index < -0.39 is 34.9 Å². The van der Waals surface area contributed by atoms with Crippen LogP contribution in [-0.2, 0) is 0 Å². The molecule has 10 atom stereocenters. The molecule has 380 valence electrons. The molecule has 12 nitrogen and oxygen atoms in total. The molecule has 0 aromatic heterocycles. The van der Waals surface area contributed by atoms with Crippen LogP contribution in [0.1, 0.15) is 180 Å². The number of carbonyl (C=O) groups is 4. The average molecular weight is 981 g/mol. The highest BCUT2D eigenvalue weighted by Crippen LogP contribution is 2.66. The second kappa shape index (κ2) is 19.0. The van der Waals surface area contributed by atoms with E-state index in [2.05, 4.69) is 40.9 Å². The van der Waals surface area contributed by atoms with E-state index in [1.54, 1.807) is 0 Å². The van der Waals surface area contributed by atoms with Gasteiger partial charge in [0.05, 0.1) is 34.5 Å². The molecule has 4 aromatic rings. The van der Waals surface area contributed by atoms with Crippen molar-refractivity contribution in [3.05, 3.63) is 129 Å². The summed E-state index contributed by atoms with van der Waals surface area (Å²) in [7, 11) is 0. The Labute approximate surface area is 421 Å². The van der Waals surface area contributed by atoms with E-state index in [9.17, 15) is 49.8 Å². The van der Waals surface area contributed by atoms with E-state index in [0.29, 0.717) is 86.6 Å². The number of aromatic hydroxyl groups is 4. The molecule has 12 heteroatoms. The summed E-state index contributed by atoms with van der Waals surface area (Å²) in [6.07, 6.45) is 8.67. The Morgan fingerprint density at radius 3 is 1.15 bits per heavy atom. The van der Waals surface area contributed by atoms with Gasteiger partial charge in [0.15, 0.2) is 25.1 Å². The third-order valence-electron chi connectivity index (χ3n) is 18.3. The van der Waals surface area contributed by atoms with Crippen LogP contribution >= 0.6 is 0 Å². The highest BCUT2D eigenvalue weighted by atomic mass is 16.5. The van der Waals surface area contributed by atoms with Gasteiger partial charge in [-0.25, -0.2) is 0 Å². The van der Waals surface area contributed by atoms with Gasteiger partial charge in [-0.2, -0.15) is 0 Å². The summed E-state index contributed by atoms with van der Waals surface area (Å²) in [5.41, 5.74) is 2.13. The van der Waals surface area contributed by atoms with Gasteiger partial charge >= 0.3 is 0 Å². The van der Waals surface area contributed by atoms with E-state index in [0.717, 1.165) is 60.8 Å². The predicted octanol–water partition coefficient (Wildman–Crippen LogP) is 11.1. The molecular formula is C60H68O12. The predicted molar refractivity (Wildman–Crippen MR) is 272 cm³/mol. The van der Waals surface area contributed by atoms with E-state index in [1.807, 2.05) is 60.7 Å². The lowest BCUT2D eigenvalue weighted by Crippen LogP contribution is -2.59. The Morgan fingerprint density at radius 2 is 0.833 bits per heavy atom. The maximum absolute atomic E-state index is 12.2. The molecule has 4 aliphatic carbocycles. The van der Waals surface area contributed by atoms with Crippen molar-refractivity contribution in [3.8, 4) is 34.5 Å². The number of phenols is 4. The lowest BCUT2D eigenvalue weighted by Gasteiger charge is -2.60. The number of aldehydes is 4. The zero-order valence-corrected chi connectivity index (χ0v) is 41.7. The topological polar surface area (TPSA) is 208 Å². The minimum atomic E-state index is -0.724. The fourth-order valence-electron chi connectivity index (χ4n) is 14.3. The number of phenolic OH excluding ortho intramolecular Hbond substituents is 4. The van der Waals surface area contributed by atoms with Crippen LogP contribution in [0.2, 0.25) is 0 Å². The number of fused-ring (bicyclic) bond motifs is 6. The van der Waals surface area contributed by atoms with Crippen LogP contribution in [0.5, 0.6) is 34.5 Å². The number of hydrogen-bond donors (Lipinski definition) is 6. The SMILES string of the molecule is C=C1CC[C@@H]2[C@H](CC2(C)C)[C@@]2(CC[C@H]1O)C[C@H](c1ccccc1)c1c(O)c(C=O)c(O)c(C=O)c1O2.C=C1CC[C@@H]2[C@H](CC2(C)C)[C@@]2(CC[C@H]1O)C[C@H](c1ccccc1)c1c(O)c(C=O)c(O)c(C=O)c1O2. The third-order valence-corrected chi connectivity index (χ3v) is 18.3. The molecule has 0 radical (unpaired) electrons. The van der Waals surface area contributed by atoms with Crippen molar-refractivity contribution in [1.82, 2.24) is 0 Å². The number of rotatable bonds is 6. The van der Waals surface area contributed by atoms with E-state index in [-0.39, 0.29) is 79.8 Å². The van der Waals surface area contributed by atoms with Crippen LogP contribution in [-0.4, -0.2) is 79.2 Å². The number of carbonyl (C=O) groups excluding carboxylic acids is 4. The smallest absolute Gasteiger partial charge is 0.157 e. The summed E-state index contributed by atoms with van der Waals surface area (Å²) in [4.78, 5) is 48.1. The van der Waals surface area contributed by atoms with E-state index in [1.165, 1.54) is 0 Å². The quantitative estimate of drug-likeness (QED) is 0.0788. The van der Waals surface area contributed by atoms with Crippen molar-refractivity contribution >= 4 is 25.1 Å². The van der Waals surface area contributed by atoms with Crippen molar-refractivity contribution < 1.29 is 59.3 Å². The highest BCUT2D eigenvalue weighted by Gasteiger charge is 2.62. The van der Waals surface area contributed by atoms with Crippen LogP contribution in [0.3, 0.4) is 0 Å². The zero-order valence-electron chi connectivity index (χ0n) is 41.7. The van der Waals surface area contributed by atoms with Gasteiger partial charge in [0.1, 0.15) is 45.7 Å².